The van der Waals surface area contributed by atoms with Crippen molar-refractivity contribution < 1.29 is 9.53 Å². The first kappa shape index (κ1) is 16.9. The quantitative estimate of drug-likeness (QED) is 0.802. The summed E-state index contributed by atoms with van der Waals surface area (Å²) in [5.41, 5.74) is 5.54. The van der Waals surface area contributed by atoms with Crippen LogP contribution in [0.4, 0.5) is 4.79 Å². The summed E-state index contributed by atoms with van der Waals surface area (Å²) >= 11 is 5.91. The van der Waals surface area contributed by atoms with E-state index in [0.717, 1.165) is 30.9 Å². The molecule has 0 aromatic heterocycles. The average Bonchev–Trinajstić information content (AvgIpc) is 2.48. The summed E-state index contributed by atoms with van der Waals surface area (Å²) in [6.07, 6.45) is 5.22. The van der Waals surface area contributed by atoms with Crippen molar-refractivity contribution in [3.8, 4) is 5.75 Å². The van der Waals surface area contributed by atoms with E-state index < -0.39 is 0 Å². The highest BCUT2D eigenvalue weighted by molar-refractivity contribution is 6.30. The zero-order chi connectivity index (χ0) is 15.9. The van der Waals surface area contributed by atoms with Crippen LogP contribution in [0.2, 0.25) is 5.02 Å². The smallest absolute Gasteiger partial charge is 0.315 e. The Morgan fingerprint density at radius 1 is 1.36 bits per heavy atom. The molecule has 1 aliphatic rings. The third-order valence-electron chi connectivity index (χ3n) is 4.32. The zero-order valence-corrected chi connectivity index (χ0v) is 13.9. The van der Waals surface area contributed by atoms with Gasteiger partial charge in [-0.25, -0.2) is 4.79 Å². The summed E-state index contributed by atoms with van der Waals surface area (Å²) in [6.45, 7) is 3.46. The molecular weight excluding hydrogens is 300 g/mol. The molecular formula is C17H25ClN2O2. The van der Waals surface area contributed by atoms with Gasteiger partial charge in [-0.2, -0.15) is 0 Å². The Kier molecular flexibility index (Phi) is 6.37. The number of carbonyl (C=O) groups is 1. The van der Waals surface area contributed by atoms with Crippen LogP contribution in [0.25, 0.3) is 0 Å². The molecule has 2 N–H and O–H groups in total. The molecule has 0 aliphatic heterocycles. The number of hydrogen-bond donors (Lipinski definition) is 1. The molecule has 0 unspecified atom stereocenters. The molecule has 122 valence electrons. The highest BCUT2D eigenvalue weighted by Gasteiger charge is 2.25. The highest BCUT2D eigenvalue weighted by Crippen LogP contribution is 2.27. The van der Waals surface area contributed by atoms with E-state index in [9.17, 15) is 4.79 Å². The third-order valence-corrected chi connectivity index (χ3v) is 4.55. The van der Waals surface area contributed by atoms with Gasteiger partial charge in [-0.15, -0.1) is 0 Å². The second-order valence-electron chi connectivity index (χ2n) is 6.10. The normalized spacial score (nSPS) is 21.4. The maximum atomic E-state index is 11.7. The summed E-state index contributed by atoms with van der Waals surface area (Å²) in [6, 6.07) is 7.31. The first-order valence-electron chi connectivity index (χ1n) is 8.00. The van der Waals surface area contributed by atoms with Crippen molar-refractivity contribution in [2.24, 2.45) is 11.7 Å². The van der Waals surface area contributed by atoms with Crippen LogP contribution in [0.3, 0.4) is 0 Å². The number of nitrogens with two attached hydrogens (primary N) is 1. The minimum Gasteiger partial charge on any atom is -0.493 e. The lowest BCUT2D eigenvalue weighted by Gasteiger charge is -2.35. The van der Waals surface area contributed by atoms with Gasteiger partial charge in [-0.05, 0) is 56.2 Å². The van der Waals surface area contributed by atoms with Crippen molar-refractivity contribution in [1.82, 2.24) is 4.90 Å². The topological polar surface area (TPSA) is 55.6 Å². The Bertz CT molecular complexity index is 487. The van der Waals surface area contributed by atoms with Crippen molar-refractivity contribution in [2.75, 3.05) is 13.2 Å². The number of urea groups is 1. The molecule has 1 saturated carbocycles. The fourth-order valence-electron chi connectivity index (χ4n) is 3.01. The van der Waals surface area contributed by atoms with Crippen LogP contribution < -0.4 is 10.5 Å². The van der Waals surface area contributed by atoms with Crippen LogP contribution in [-0.2, 0) is 0 Å². The Morgan fingerprint density at radius 2 is 2.09 bits per heavy atom. The Morgan fingerprint density at radius 3 is 2.73 bits per heavy atom. The van der Waals surface area contributed by atoms with Crippen LogP contribution in [0, 0.1) is 5.92 Å². The molecule has 2 rings (SSSR count). The number of primary amides is 1. The van der Waals surface area contributed by atoms with Crippen molar-refractivity contribution in [2.45, 2.75) is 45.1 Å². The highest BCUT2D eigenvalue weighted by atomic mass is 35.5. The van der Waals surface area contributed by atoms with Gasteiger partial charge in [-0.3, -0.25) is 0 Å². The van der Waals surface area contributed by atoms with Crippen molar-refractivity contribution in [1.29, 1.82) is 0 Å². The van der Waals surface area contributed by atoms with E-state index in [1.165, 1.54) is 12.8 Å². The van der Waals surface area contributed by atoms with Crippen molar-refractivity contribution in [3.63, 3.8) is 0 Å². The average molecular weight is 325 g/mol. The monoisotopic (exact) mass is 324 g/mol. The maximum Gasteiger partial charge on any atom is 0.315 e. The molecule has 0 radical (unpaired) electrons. The molecule has 0 spiro atoms. The molecule has 0 bridgehead atoms. The van der Waals surface area contributed by atoms with Gasteiger partial charge in [0.25, 0.3) is 0 Å². The Balaban J connectivity index is 1.76. The third kappa shape index (κ3) is 5.09. The fraction of sp³-hybridized carbons (Fsp3) is 0.588. The summed E-state index contributed by atoms with van der Waals surface area (Å²) < 4.78 is 5.66. The number of halogens is 1. The number of amides is 2. The molecule has 1 aromatic rings. The van der Waals surface area contributed by atoms with Crippen LogP contribution in [0.15, 0.2) is 24.3 Å². The lowest BCUT2D eigenvalue weighted by atomic mass is 9.86. The van der Waals surface area contributed by atoms with E-state index in [1.54, 1.807) is 6.07 Å². The number of ether oxygens (including phenoxy) is 1. The number of nitrogens with zero attached hydrogens (tertiary/aromatic N) is 1. The molecule has 0 atom stereocenters. The van der Waals surface area contributed by atoms with E-state index in [2.05, 4.69) is 6.92 Å². The molecule has 0 saturated heterocycles. The molecule has 1 fully saturated rings. The van der Waals surface area contributed by atoms with Crippen LogP contribution >= 0.6 is 11.6 Å². The van der Waals surface area contributed by atoms with E-state index in [1.807, 2.05) is 23.1 Å². The predicted octanol–water partition coefficient (Wildman–Crippen LogP) is 4.07. The standard InChI is InChI=1S/C17H25ClN2O2/c1-13-6-8-15(9-7-13)20(17(19)21)10-3-11-22-16-5-2-4-14(18)12-16/h2,4-5,12-13,15H,3,6-11H2,1H3,(H2,19,21)/t13-,15-. The van der Waals surface area contributed by atoms with Gasteiger partial charge in [0.2, 0.25) is 0 Å². The molecule has 5 heteroatoms. The van der Waals surface area contributed by atoms with Crippen LogP contribution in [0.1, 0.15) is 39.0 Å². The Labute approximate surface area is 137 Å². The summed E-state index contributed by atoms with van der Waals surface area (Å²) in [5.74, 6) is 1.52. The van der Waals surface area contributed by atoms with Crippen LogP contribution in [-0.4, -0.2) is 30.1 Å². The van der Waals surface area contributed by atoms with E-state index in [-0.39, 0.29) is 6.03 Å². The first-order chi connectivity index (χ1) is 10.6. The Hall–Kier alpha value is -1.42. The van der Waals surface area contributed by atoms with Crippen molar-refractivity contribution in [3.05, 3.63) is 29.3 Å². The number of benzene rings is 1. The van der Waals surface area contributed by atoms with Gasteiger partial charge >= 0.3 is 6.03 Å². The lowest BCUT2D eigenvalue weighted by molar-refractivity contribution is 0.146. The van der Waals surface area contributed by atoms with E-state index in [0.29, 0.717) is 24.2 Å². The summed E-state index contributed by atoms with van der Waals surface area (Å²) in [4.78, 5) is 13.5. The minimum absolute atomic E-state index is 0.292. The molecule has 2 amide bonds. The van der Waals surface area contributed by atoms with Crippen molar-refractivity contribution >= 4 is 17.6 Å². The lowest BCUT2D eigenvalue weighted by Crippen LogP contribution is -2.45. The SMILES string of the molecule is C[C@H]1CC[C@H](N(CCCOc2cccc(Cl)c2)C(N)=O)CC1. The summed E-state index contributed by atoms with van der Waals surface area (Å²) in [5, 5.41) is 0.660. The van der Waals surface area contributed by atoms with Gasteiger partial charge in [0.1, 0.15) is 5.75 Å². The predicted molar refractivity (Wildman–Crippen MR) is 89.3 cm³/mol. The van der Waals surface area contributed by atoms with Gasteiger partial charge in [0, 0.05) is 17.6 Å². The molecule has 1 aromatic carbocycles. The molecule has 0 heterocycles. The van der Waals surface area contributed by atoms with Gasteiger partial charge < -0.3 is 15.4 Å². The van der Waals surface area contributed by atoms with E-state index in [4.69, 9.17) is 22.1 Å². The van der Waals surface area contributed by atoms with Gasteiger partial charge in [0.05, 0.1) is 6.61 Å². The second kappa shape index (κ2) is 8.28. The fourth-order valence-corrected chi connectivity index (χ4v) is 3.19. The number of hydrogen-bond acceptors (Lipinski definition) is 2. The first-order valence-corrected chi connectivity index (χ1v) is 8.38. The summed E-state index contributed by atoms with van der Waals surface area (Å²) in [7, 11) is 0. The van der Waals surface area contributed by atoms with E-state index >= 15 is 0 Å². The molecule has 4 nitrogen and oxygen atoms in total. The maximum absolute atomic E-state index is 11.7. The minimum atomic E-state index is -0.317. The molecule has 22 heavy (non-hydrogen) atoms. The zero-order valence-electron chi connectivity index (χ0n) is 13.1. The second-order valence-corrected chi connectivity index (χ2v) is 6.54. The van der Waals surface area contributed by atoms with Gasteiger partial charge in [-0.1, -0.05) is 24.6 Å². The van der Waals surface area contributed by atoms with Gasteiger partial charge in [0.15, 0.2) is 0 Å². The van der Waals surface area contributed by atoms with Crippen LogP contribution in [0.5, 0.6) is 5.75 Å². The number of rotatable bonds is 6. The largest absolute Gasteiger partial charge is 0.493 e. The molecule has 1 aliphatic carbocycles. The number of carbonyl (C=O) groups excluding carboxylic acids is 1.